The minimum atomic E-state index is -0.240. The largest absolute Gasteiger partial charge is 0.383 e. The highest BCUT2D eigenvalue weighted by molar-refractivity contribution is 5.75. The minimum absolute atomic E-state index is 0.240. The van der Waals surface area contributed by atoms with Crippen LogP contribution in [0.3, 0.4) is 0 Å². The Morgan fingerprint density at radius 3 is 2.36 bits per heavy atom. The van der Waals surface area contributed by atoms with Crippen LogP contribution in [0.4, 0.5) is 0 Å². The van der Waals surface area contributed by atoms with Gasteiger partial charge in [0.15, 0.2) is 0 Å². The summed E-state index contributed by atoms with van der Waals surface area (Å²) in [4.78, 5) is 15.1. The summed E-state index contributed by atoms with van der Waals surface area (Å²) in [5.74, 6) is -0.240. The smallest absolute Gasteiger partial charge is 0.231 e. The Morgan fingerprint density at radius 2 is 1.86 bits per heavy atom. The van der Waals surface area contributed by atoms with Gasteiger partial charge in [0, 0.05) is 39.8 Å². The maximum atomic E-state index is 10.7. The van der Waals surface area contributed by atoms with Crippen LogP contribution in [0.2, 0.25) is 0 Å². The minimum Gasteiger partial charge on any atom is -0.383 e. The molecule has 1 fully saturated rings. The maximum Gasteiger partial charge on any atom is 0.231 e. The number of amides is 1. The molecule has 1 aliphatic heterocycles. The van der Waals surface area contributed by atoms with E-state index in [-0.39, 0.29) is 5.91 Å². The fourth-order valence-electron chi connectivity index (χ4n) is 1.61. The second-order valence-corrected chi connectivity index (χ2v) is 3.58. The molecule has 0 aromatic heterocycles. The fraction of sp³-hybridized carbons (Fsp3) is 0.889. The van der Waals surface area contributed by atoms with E-state index in [1.54, 1.807) is 7.11 Å². The molecule has 5 heteroatoms. The summed E-state index contributed by atoms with van der Waals surface area (Å²) in [6, 6.07) is 0. The second kappa shape index (κ2) is 5.95. The number of nitrogens with two attached hydrogens (primary N) is 1. The predicted molar refractivity (Wildman–Crippen MR) is 54.0 cm³/mol. The van der Waals surface area contributed by atoms with E-state index in [0.29, 0.717) is 6.54 Å². The first kappa shape index (κ1) is 11.4. The molecule has 0 radical (unpaired) electrons. The Hall–Kier alpha value is -0.650. The van der Waals surface area contributed by atoms with Gasteiger partial charge in [0.2, 0.25) is 5.91 Å². The predicted octanol–water partition coefficient (Wildman–Crippen LogP) is -1.26. The summed E-state index contributed by atoms with van der Waals surface area (Å²) >= 11 is 0. The average molecular weight is 201 g/mol. The van der Waals surface area contributed by atoms with Crippen LogP contribution in [-0.4, -0.2) is 68.7 Å². The number of ether oxygens (including phenoxy) is 1. The molecule has 0 aliphatic carbocycles. The third-order valence-electron chi connectivity index (χ3n) is 2.46. The van der Waals surface area contributed by atoms with Crippen molar-refractivity contribution >= 4 is 5.91 Å². The topological polar surface area (TPSA) is 58.8 Å². The highest BCUT2D eigenvalue weighted by Gasteiger charge is 2.17. The maximum absolute atomic E-state index is 10.7. The van der Waals surface area contributed by atoms with Crippen LogP contribution in [0.15, 0.2) is 0 Å². The zero-order valence-corrected chi connectivity index (χ0v) is 8.74. The van der Waals surface area contributed by atoms with Gasteiger partial charge in [-0.15, -0.1) is 0 Å². The van der Waals surface area contributed by atoms with Gasteiger partial charge in [-0.25, -0.2) is 0 Å². The molecule has 0 unspecified atom stereocenters. The number of nitrogens with zero attached hydrogens (tertiary/aromatic N) is 2. The van der Waals surface area contributed by atoms with Gasteiger partial charge in [0.1, 0.15) is 0 Å². The molecule has 2 N–H and O–H groups in total. The number of hydrogen-bond acceptors (Lipinski definition) is 4. The number of carbonyl (C=O) groups is 1. The van der Waals surface area contributed by atoms with Gasteiger partial charge in [0.05, 0.1) is 13.2 Å². The van der Waals surface area contributed by atoms with E-state index in [0.717, 1.165) is 39.3 Å². The van der Waals surface area contributed by atoms with Crippen molar-refractivity contribution < 1.29 is 9.53 Å². The lowest BCUT2D eigenvalue weighted by Gasteiger charge is -2.33. The number of hydrogen-bond donors (Lipinski definition) is 1. The van der Waals surface area contributed by atoms with Gasteiger partial charge in [-0.1, -0.05) is 0 Å². The summed E-state index contributed by atoms with van der Waals surface area (Å²) in [6.07, 6.45) is 0. The van der Waals surface area contributed by atoms with Gasteiger partial charge in [-0.05, 0) is 0 Å². The van der Waals surface area contributed by atoms with Crippen LogP contribution in [0.5, 0.6) is 0 Å². The summed E-state index contributed by atoms with van der Waals surface area (Å²) in [5, 5.41) is 0. The van der Waals surface area contributed by atoms with Gasteiger partial charge >= 0.3 is 0 Å². The number of carbonyl (C=O) groups excluding carboxylic acids is 1. The van der Waals surface area contributed by atoms with E-state index in [4.69, 9.17) is 10.5 Å². The fourth-order valence-corrected chi connectivity index (χ4v) is 1.61. The van der Waals surface area contributed by atoms with Crippen LogP contribution in [0.1, 0.15) is 0 Å². The third-order valence-corrected chi connectivity index (χ3v) is 2.46. The molecule has 1 saturated heterocycles. The third kappa shape index (κ3) is 4.04. The molecule has 5 nitrogen and oxygen atoms in total. The lowest BCUT2D eigenvalue weighted by atomic mass is 10.3. The van der Waals surface area contributed by atoms with Crippen molar-refractivity contribution in [3.63, 3.8) is 0 Å². The van der Waals surface area contributed by atoms with Gasteiger partial charge in [-0.2, -0.15) is 0 Å². The van der Waals surface area contributed by atoms with E-state index >= 15 is 0 Å². The van der Waals surface area contributed by atoms with Crippen LogP contribution in [-0.2, 0) is 9.53 Å². The molecule has 1 rings (SSSR count). The van der Waals surface area contributed by atoms with E-state index in [9.17, 15) is 4.79 Å². The Bertz CT molecular complexity index is 179. The van der Waals surface area contributed by atoms with Crippen molar-refractivity contribution in [3.05, 3.63) is 0 Å². The molecule has 1 heterocycles. The van der Waals surface area contributed by atoms with Crippen LogP contribution in [0.25, 0.3) is 0 Å². The number of primary amides is 1. The molecule has 0 aromatic rings. The average Bonchev–Trinajstić information content (AvgIpc) is 2.16. The van der Waals surface area contributed by atoms with Crippen molar-refractivity contribution in [1.82, 2.24) is 9.80 Å². The number of rotatable bonds is 5. The molecule has 14 heavy (non-hydrogen) atoms. The Balaban J connectivity index is 2.14. The normalized spacial score (nSPS) is 19.8. The highest BCUT2D eigenvalue weighted by Crippen LogP contribution is 2.00. The second-order valence-electron chi connectivity index (χ2n) is 3.58. The van der Waals surface area contributed by atoms with Crippen molar-refractivity contribution in [2.24, 2.45) is 5.73 Å². The SMILES string of the molecule is COCCN1CCN(CC(N)=O)CC1. The summed E-state index contributed by atoms with van der Waals surface area (Å²) in [6.45, 7) is 5.97. The van der Waals surface area contributed by atoms with Gasteiger partial charge in [-0.3, -0.25) is 14.6 Å². The van der Waals surface area contributed by atoms with Crippen LogP contribution >= 0.6 is 0 Å². The first-order chi connectivity index (χ1) is 6.72. The highest BCUT2D eigenvalue weighted by atomic mass is 16.5. The van der Waals surface area contributed by atoms with Crippen LogP contribution < -0.4 is 5.73 Å². The molecule has 0 bridgehead atoms. The summed E-state index contributed by atoms with van der Waals surface area (Å²) < 4.78 is 5.01. The molecule has 0 aromatic carbocycles. The van der Waals surface area contributed by atoms with E-state index < -0.39 is 0 Å². The van der Waals surface area contributed by atoms with E-state index in [2.05, 4.69) is 9.80 Å². The molecule has 1 aliphatic rings. The van der Waals surface area contributed by atoms with Crippen LogP contribution in [0, 0.1) is 0 Å². The zero-order chi connectivity index (χ0) is 10.4. The van der Waals surface area contributed by atoms with Crippen molar-refractivity contribution in [1.29, 1.82) is 0 Å². The Kier molecular flexibility index (Phi) is 4.86. The van der Waals surface area contributed by atoms with E-state index in [1.165, 1.54) is 0 Å². The van der Waals surface area contributed by atoms with Gasteiger partial charge in [0.25, 0.3) is 0 Å². The Morgan fingerprint density at radius 1 is 1.29 bits per heavy atom. The molecule has 1 amide bonds. The summed E-state index contributed by atoms with van der Waals surface area (Å²) in [7, 11) is 1.71. The first-order valence-corrected chi connectivity index (χ1v) is 4.94. The van der Waals surface area contributed by atoms with E-state index in [1.807, 2.05) is 0 Å². The molecule has 82 valence electrons. The first-order valence-electron chi connectivity index (χ1n) is 4.94. The van der Waals surface area contributed by atoms with Crippen molar-refractivity contribution in [2.45, 2.75) is 0 Å². The lowest BCUT2D eigenvalue weighted by Crippen LogP contribution is -2.49. The standard InChI is InChI=1S/C9H19N3O2/c1-14-7-6-11-2-4-12(5-3-11)8-9(10)13/h2-8H2,1H3,(H2,10,13). The van der Waals surface area contributed by atoms with Crippen molar-refractivity contribution in [2.75, 3.05) is 53.0 Å². The number of methoxy groups -OCH3 is 1. The molecule has 0 atom stereocenters. The summed E-state index contributed by atoms with van der Waals surface area (Å²) in [5.41, 5.74) is 5.12. The molecular formula is C9H19N3O2. The molecular weight excluding hydrogens is 182 g/mol. The zero-order valence-electron chi connectivity index (χ0n) is 8.74. The molecule has 0 saturated carbocycles. The lowest BCUT2D eigenvalue weighted by molar-refractivity contribution is -0.119. The molecule has 0 spiro atoms. The Labute approximate surface area is 84.8 Å². The monoisotopic (exact) mass is 201 g/mol. The van der Waals surface area contributed by atoms with Gasteiger partial charge < -0.3 is 10.5 Å². The number of piperazine rings is 1. The van der Waals surface area contributed by atoms with Crippen molar-refractivity contribution in [3.8, 4) is 0 Å². The quantitative estimate of drug-likeness (QED) is 0.603.